The molecule has 0 radical (unpaired) electrons. The number of carbonyl (C=O) groups is 1. The highest BCUT2D eigenvalue weighted by Gasteiger charge is 2.48. The highest BCUT2D eigenvalue weighted by atomic mass is 16.7. The lowest BCUT2D eigenvalue weighted by Gasteiger charge is -2.29. The zero-order chi connectivity index (χ0) is 21.4. The van der Waals surface area contributed by atoms with Crippen molar-refractivity contribution in [1.29, 1.82) is 0 Å². The summed E-state index contributed by atoms with van der Waals surface area (Å²) in [6.07, 6.45) is 6.32. The van der Waals surface area contributed by atoms with E-state index in [0.717, 1.165) is 12.8 Å². The minimum atomic E-state index is -1.81. The van der Waals surface area contributed by atoms with Gasteiger partial charge in [-0.2, -0.15) is 0 Å². The SMILES string of the molecule is COc1ccc(C2(O)OC(=O)C(c3ccc4nonc4c3)=C2CC2CCCCC2)cc1. The van der Waals surface area contributed by atoms with Gasteiger partial charge in [-0.1, -0.05) is 38.2 Å². The van der Waals surface area contributed by atoms with Crippen LogP contribution in [0.1, 0.15) is 49.7 Å². The van der Waals surface area contributed by atoms with Crippen LogP contribution in [-0.2, 0) is 15.3 Å². The van der Waals surface area contributed by atoms with Gasteiger partial charge < -0.3 is 14.6 Å². The standard InChI is InChI=1S/C24H24N2O5/c1-29-18-10-8-17(9-11-18)24(28)19(13-15-5-3-2-4-6-15)22(23(27)30-24)16-7-12-20-21(14-16)26-31-25-20/h7-12,14-15,28H,2-6,13H2,1H3. The number of fused-ring (bicyclic) bond motifs is 1. The van der Waals surface area contributed by atoms with Crippen molar-refractivity contribution >= 4 is 22.6 Å². The normalized spacial score (nSPS) is 22.2. The lowest BCUT2D eigenvalue weighted by atomic mass is 9.80. The van der Waals surface area contributed by atoms with E-state index in [2.05, 4.69) is 10.3 Å². The third-order valence-electron chi connectivity index (χ3n) is 6.40. The smallest absolute Gasteiger partial charge is 0.341 e. The molecular weight excluding hydrogens is 396 g/mol. The first kappa shape index (κ1) is 19.8. The van der Waals surface area contributed by atoms with E-state index >= 15 is 0 Å². The van der Waals surface area contributed by atoms with Crippen molar-refractivity contribution in [3.05, 3.63) is 59.2 Å². The number of cyclic esters (lactones) is 1. The Kier molecular flexibility index (Phi) is 4.98. The summed E-state index contributed by atoms with van der Waals surface area (Å²) in [5.74, 6) is -1.29. The second-order valence-electron chi connectivity index (χ2n) is 8.29. The fourth-order valence-corrected chi connectivity index (χ4v) is 4.74. The number of carbonyl (C=O) groups excluding carboxylic acids is 1. The third-order valence-corrected chi connectivity index (χ3v) is 6.40. The molecule has 31 heavy (non-hydrogen) atoms. The van der Waals surface area contributed by atoms with Crippen LogP contribution in [0.15, 0.2) is 52.7 Å². The molecule has 2 aromatic carbocycles. The molecule has 2 aliphatic rings. The van der Waals surface area contributed by atoms with E-state index in [1.54, 1.807) is 49.6 Å². The number of ether oxygens (including phenoxy) is 2. The molecule has 1 aromatic heterocycles. The largest absolute Gasteiger partial charge is 0.497 e. The molecule has 0 bridgehead atoms. The molecule has 1 aliphatic carbocycles. The van der Waals surface area contributed by atoms with Crippen LogP contribution in [0.3, 0.4) is 0 Å². The van der Waals surface area contributed by atoms with Crippen molar-refractivity contribution in [3.8, 4) is 5.75 Å². The lowest BCUT2D eigenvalue weighted by Crippen LogP contribution is -2.30. The first-order chi connectivity index (χ1) is 15.1. The van der Waals surface area contributed by atoms with Crippen LogP contribution >= 0.6 is 0 Å². The molecule has 1 aliphatic heterocycles. The Morgan fingerprint density at radius 1 is 1.06 bits per heavy atom. The summed E-state index contributed by atoms with van der Waals surface area (Å²) in [6.45, 7) is 0. The van der Waals surface area contributed by atoms with Crippen LogP contribution in [0.2, 0.25) is 0 Å². The van der Waals surface area contributed by atoms with Crippen molar-refractivity contribution in [1.82, 2.24) is 10.3 Å². The monoisotopic (exact) mass is 420 g/mol. The summed E-state index contributed by atoms with van der Waals surface area (Å²) in [5, 5.41) is 19.4. The van der Waals surface area contributed by atoms with E-state index in [9.17, 15) is 9.90 Å². The van der Waals surface area contributed by atoms with Crippen LogP contribution in [0.5, 0.6) is 5.75 Å². The molecule has 1 atom stereocenters. The predicted octanol–water partition coefficient (Wildman–Crippen LogP) is 4.36. The Morgan fingerprint density at radius 3 is 2.55 bits per heavy atom. The summed E-state index contributed by atoms with van der Waals surface area (Å²) in [4.78, 5) is 13.1. The fourth-order valence-electron chi connectivity index (χ4n) is 4.74. The Hall–Kier alpha value is -3.19. The minimum absolute atomic E-state index is 0.397. The van der Waals surface area contributed by atoms with E-state index in [1.165, 1.54) is 19.3 Å². The molecule has 7 heteroatoms. The maximum atomic E-state index is 13.1. The molecular formula is C24H24N2O5. The molecule has 3 aromatic rings. The van der Waals surface area contributed by atoms with Crippen LogP contribution in [0.25, 0.3) is 16.6 Å². The molecule has 0 amide bonds. The maximum absolute atomic E-state index is 13.1. The number of hydrogen-bond acceptors (Lipinski definition) is 7. The Balaban J connectivity index is 1.63. The fraction of sp³-hybridized carbons (Fsp3) is 0.375. The van der Waals surface area contributed by atoms with Crippen LogP contribution < -0.4 is 4.74 Å². The Bertz CT molecular complexity index is 1140. The number of esters is 1. The number of benzene rings is 2. The zero-order valence-corrected chi connectivity index (χ0v) is 17.3. The third kappa shape index (κ3) is 3.49. The minimum Gasteiger partial charge on any atom is -0.497 e. The van der Waals surface area contributed by atoms with Crippen molar-refractivity contribution in [2.75, 3.05) is 7.11 Å². The van der Waals surface area contributed by atoms with E-state index in [4.69, 9.17) is 14.1 Å². The summed E-state index contributed by atoms with van der Waals surface area (Å²) in [7, 11) is 1.58. The molecule has 0 spiro atoms. The number of rotatable bonds is 5. The summed E-state index contributed by atoms with van der Waals surface area (Å²) >= 11 is 0. The van der Waals surface area contributed by atoms with Crippen LogP contribution in [0.4, 0.5) is 0 Å². The van der Waals surface area contributed by atoms with Crippen molar-refractivity contribution in [2.24, 2.45) is 5.92 Å². The van der Waals surface area contributed by atoms with Gasteiger partial charge in [0.2, 0.25) is 0 Å². The lowest BCUT2D eigenvalue weighted by molar-refractivity contribution is -0.185. The van der Waals surface area contributed by atoms with Crippen molar-refractivity contribution in [2.45, 2.75) is 44.3 Å². The number of aliphatic hydroxyl groups is 1. The average molecular weight is 420 g/mol. The zero-order valence-electron chi connectivity index (χ0n) is 17.3. The molecule has 1 N–H and O–H groups in total. The highest BCUT2D eigenvalue weighted by molar-refractivity contribution is 6.20. The molecule has 7 nitrogen and oxygen atoms in total. The molecule has 2 heterocycles. The number of methoxy groups -OCH3 is 1. The highest BCUT2D eigenvalue weighted by Crippen LogP contribution is 2.47. The van der Waals surface area contributed by atoms with Gasteiger partial charge in [0.05, 0.1) is 12.7 Å². The second kappa shape index (κ2) is 7.81. The predicted molar refractivity (Wildman–Crippen MR) is 113 cm³/mol. The van der Waals surface area contributed by atoms with Gasteiger partial charge in [-0.25, -0.2) is 9.42 Å². The van der Waals surface area contributed by atoms with Gasteiger partial charge in [-0.05, 0) is 64.6 Å². The van der Waals surface area contributed by atoms with Gasteiger partial charge in [0.1, 0.15) is 16.8 Å². The summed E-state index contributed by atoms with van der Waals surface area (Å²) < 4.78 is 15.7. The molecule has 1 saturated carbocycles. The molecule has 1 unspecified atom stereocenters. The van der Waals surface area contributed by atoms with Gasteiger partial charge in [0.15, 0.2) is 0 Å². The van der Waals surface area contributed by atoms with Gasteiger partial charge in [0, 0.05) is 11.1 Å². The summed E-state index contributed by atoms with van der Waals surface area (Å²) in [6, 6.07) is 12.3. The first-order valence-corrected chi connectivity index (χ1v) is 10.6. The number of aromatic nitrogens is 2. The first-order valence-electron chi connectivity index (χ1n) is 10.6. The topological polar surface area (TPSA) is 94.7 Å². The van der Waals surface area contributed by atoms with Crippen molar-refractivity contribution in [3.63, 3.8) is 0 Å². The maximum Gasteiger partial charge on any atom is 0.341 e. The van der Waals surface area contributed by atoms with Crippen LogP contribution in [0, 0.1) is 5.92 Å². The van der Waals surface area contributed by atoms with Gasteiger partial charge >= 0.3 is 5.97 Å². The second-order valence-corrected chi connectivity index (χ2v) is 8.29. The molecule has 5 rings (SSSR count). The molecule has 0 saturated heterocycles. The van der Waals surface area contributed by atoms with Crippen LogP contribution in [-0.4, -0.2) is 28.5 Å². The van der Waals surface area contributed by atoms with Gasteiger partial charge in [-0.15, -0.1) is 0 Å². The Morgan fingerprint density at radius 2 is 1.81 bits per heavy atom. The van der Waals surface area contributed by atoms with E-state index < -0.39 is 11.8 Å². The quantitative estimate of drug-likeness (QED) is 0.613. The average Bonchev–Trinajstić information content (AvgIpc) is 3.36. The van der Waals surface area contributed by atoms with E-state index in [-0.39, 0.29) is 0 Å². The van der Waals surface area contributed by atoms with Gasteiger partial charge in [0.25, 0.3) is 5.79 Å². The number of nitrogens with zero attached hydrogens (tertiary/aromatic N) is 2. The van der Waals surface area contributed by atoms with E-state index in [1.807, 2.05) is 0 Å². The van der Waals surface area contributed by atoms with E-state index in [0.29, 0.717) is 51.4 Å². The van der Waals surface area contributed by atoms with Gasteiger partial charge in [-0.3, -0.25) is 0 Å². The molecule has 160 valence electrons. The number of hydrogen-bond donors (Lipinski definition) is 1. The van der Waals surface area contributed by atoms with Crippen molar-refractivity contribution < 1.29 is 24.0 Å². The Labute approximate surface area is 179 Å². The summed E-state index contributed by atoms with van der Waals surface area (Å²) in [5.41, 5.74) is 3.30. The molecule has 1 fully saturated rings.